The van der Waals surface area contributed by atoms with Gasteiger partial charge in [-0.05, 0) is 24.6 Å². The summed E-state index contributed by atoms with van der Waals surface area (Å²) in [5.41, 5.74) is 8.99. The predicted molar refractivity (Wildman–Crippen MR) is 115 cm³/mol. The van der Waals surface area contributed by atoms with E-state index in [4.69, 9.17) is 17.3 Å². The van der Waals surface area contributed by atoms with Gasteiger partial charge in [0.25, 0.3) is 0 Å². The van der Waals surface area contributed by atoms with Crippen molar-refractivity contribution in [3.8, 4) is 23.3 Å². The number of hydrogen-bond donors (Lipinski definition) is 1. The van der Waals surface area contributed by atoms with Crippen LogP contribution in [0.3, 0.4) is 0 Å². The summed E-state index contributed by atoms with van der Waals surface area (Å²) < 4.78 is 0. The molecule has 0 aliphatic rings. The van der Waals surface area contributed by atoms with E-state index in [1.54, 1.807) is 36.4 Å². The van der Waals surface area contributed by atoms with Gasteiger partial charge in [-0.2, -0.15) is 10.5 Å². The van der Waals surface area contributed by atoms with Gasteiger partial charge >= 0.3 is 0 Å². The smallest absolute Gasteiger partial charge is 0.173 e. The molecule has 2 aromatic carbocycles. The van der Waals surface area contributed by atoms with Crippen molar-refractivity contribution >= 4 is 35.0 Å². The van der Waals surface area contributed by atoms with E-state index in [1.165, 1.54) is 0 Å². The van der Waals surface area contributed by atoms with Crippen LogP contribution in [0.25, 0.3) is 11.1 Å². The zero-order valence-corrected chi connectivity index (χ0v) is 17.0. The van der Waals surface area contributed by atoms with Crippen molar-refractivity contribution in [1.29, 1.82) is 10.5 Å². The van der Waals surface area contributed by atoms with Crippen LogP contribution in [0.15, 0.2) is 53.6 Å². The third-order valence-corrected chi connectivity index (χ3v) is 5.49. The Balaban J connectivity index is 2.00. The number of aryl methyl sites for hydroxylation is 1. The number of aromatic nitrogens is 1. The minimum absolute atomic E-state index is 0.0155. The average Bonchev–Trinajstić information content (AvgIpc) is 2.72. The van der Waals surface area contributed by atoms with Gasteiger partial charge in [0, 0.05) is 16.1 Å². The number of nitrogens with zero attached hydrogens (tertiary/aromatic N) is 3. The quantitative estimate of drug-likeness (QED) is 0.461. The summed E-state index contributed by atoms with van der Waals surface area (Å²) in [4.78, 5) is 16.7. The number of halogens is 1. The topological polar surface area (TPSA) is 104 Å². The maximum absolute atomic E-state index is 12.5. The molecular formula is C22H15ClN4OS. The second-order valence-corrected chi connectivity index (χ2v) is 7.64. The molecule has 29 heavy (non-hydrogen) atoms. The first-order chi connectivity index (χ1) is 13.9. The van der Waals surface area contributed by atoms with Crippen LogP contribution < -0.4 is 5.73 Å². The Bertz CT molecular complexity index is 1160. The van der Waals surface area contributed by atoms with Gasteiger partial charge in [0.2, 0.25) is 0 Å². The van der Waals surface area contributed by atoms with Gasteiger partial charge in [-0.1, -0.05) is 65.3 Å². The van der Waals surface area contributed by atoms with Gasteiger partial charge in [-0.15, -0.1) is 0 Å². The summed E-state index contributed by atoms with van der Waals surface area (Å²) >= 11 is 7.08. The number of ketones is 1. The summed E-state index contributed by atoms with van der Waals surface area (Å²) in [5, 5.41) is 20.2. The lowest BCUT2D eigenvalue weighted by molar-refractivity contribution is 0.102. The highest BCUT2D eigenvalue weighted by atomic mass is 35.5. The van der Waals surface area contributed by atoms with Crippen molar-refractivity contribution in [2.24, 2.45) is 0 Å². The molecule has 0 amide bonds. The second-order valence-electron chi connectivity index (χ2n) is 6.24. The van der Waals surface area contributed by atoms with Crippen LogP contribution in [-0.4, -0.2) is 16.5 Å². The lowest BCUT2D eigenvalue weighted by atomic mass is 9.97. The summed E-state index contributed by atoms with van der Waals surface area (Å²) in [6, 6.07) is 18.2. The molecule has 0 aliphatic heterocycles. The number of thioether (sulfide) groups is 1. The molecule has 0 fully saturated rings. The van der Waals surface area contributed by atoms with Crippen molar-refractivity contribution in [2.45, 2.75) is 11.9 Å². The van der Waals surface area contributed by atoms with Gasteiger partial charge in [-0.25, -0.2) is 4.98 Å². The van der Waals surface area contributed by atoms with Crippen molar-refractivity contribution < 1.29 is 4.79 Å². The largest absolute Gasteiger partial charge is 0.383 e. The van der Waals surface area contributed by atoms with E-state index in [9.17, 15) is 15.3 Å². The molecule has 2 N–H and O–H groups in total. The van der Waals surface area contributed by atoms with Crippen LogP contribution in [-0.2, 0) is 0 Å². The molecule has 0 saturated carbocycles. The first-order valence-corrected chi connectivity index (χ1v) is 9.93. The number of nitriles is 2. The van der Waals surface area contributed by atoms with Crippen molar-refractivity contribution in [3.63, 3.8) is 0 Å². The van der Waals surface area contributed by atoms with E-state index in [0.717, 1.165) is 17.3 Å². The van der Waals surface area contributed by atoms with Gasteiger partial charge in [0.05, 0.1) is 11.3 Å². The fraction of sp³-hybridized carbons (Fsp3) is 0.0909. The number of Topliss-reactive ketones (excluding diaryl/α,β-unsaturated/α-hetero) is 1. The number of carbonyl (C=O) groups excluding carboxylic acids is 1. The maximum atomic E-state index is 12.5. The summed E-state index contributed by atoms with van der Waals surface area (Å²) in [6.45, 7) is 1.95. The van der Waals surface area contributed by atoms with Crippen LogP contribution in [0.2, 0.25) is 5.02 Å². The normalized spacial score (nSPS) is 10.2. The van der Waals surface area contributed by atoms with Crippen LogP contribution >= 0.6 is 23.4 Å². The number of anilines is 1. The molecule has 5 nitrogen and oxygen atoms in total. The van der Waals surface area contributed by atoms with E-state index < -0.39 is 0 Å². The molecule has 0 aliphatic carbocycles. The number of pyridine rings is 1. The molecule has 0 atom stereocenters. The highest BCUT2D eigenvalue weighted by Crippen LogP contribution is 2.36. The van der Waals surface area contributed by atoms with Gasteiger partial charge in [-0.3, -0.25) is 4.79 Å². The Morgan fingerprint density at radius 3 is 2.28 bits per heavy atom. The Labute approximate surface area is 177 Å². The summed E-state index contributed by atoms with van der Waals surface area (Å²) in [7, 11) is 0. The molecule has 0 unspecified atom stereocenters. The molecule has 3 rings (SSSR count). The maximum Gasteiger partial charge on any atom is 0.173 e. The van der Waals surface area contributed by atoms with E-state index in [1.807, 2.05) is 25.1 Å². The van der Waals surface area contributed by atoms with Crippen LogP contribution in [0.5, 0.6) is 0 Å². The van der Waals surface area contributed by atoms with Crippen LogP contribution in [0.1, 0.15) is 27.0 Å². The van der Waals surface area contributed by atoms with E-state index in [2.05, 4.69) is 11.1 Å². The standard InChI is InChI=1S/C22H15ClN4OS/c1-13-2-4-14(5-3-13)19(28)12-29-22-18(11-25)20(17(10-24)21(26)27-22)15-6-8-16(23)9-7-15/h2-9H,12H2,1H3,(H2,26,27). The molecule has 0 spiro atoms. The molecule has 0 radical (unpaired) electrons. The number of carbonyl (C=O) groups is 1. The Hall–Kier alpha value is -3.32. The SMILES string of the molecule is Cc1ccc(C(=O)CSc2nc(N)c(C#N)c(-c3ccc(Cl)cc3)c2C#N)cc1. The second kappa shape index (κ2) is 8.79. The van der Waals surface area contributed by atoms with Crippen molar-refractivity contribution in [1.82, 2.24) is 4.98 Å². The number of nitrogen functional groups attached to an aromatic ring is 1. The Kier molecular flexibility index (Phi) is 6.19. The van der Waals surface area contributed by atoms with Gasteiger partial charge < -0.3 is 5.73 Å². The first kappa shape index (κ1) is 20.4. The van der Waals surface area contributed by atoms with E-state index in [-0.39, 0.29) is 28.5 Å². The summed E-state index contributed by atoms with van der Waals surface area (Å²) in [5.74, 6) is 0.0225. The highest BCUT2D eigenvalue weighted by Gasteiger charge is 2.21. The Morgan fingerprint density at radius 1 is 1.07 bits per heavy atom. The molecule has 1 heterocycles. The predicted octanol–water partition coefficient (Wildman–Crippen LogP) is 5.01. The molecular weight excluding hydrogens is 404 g/mol. The number of nitrogens with two attached hydrogens (primary N) is 1. The van der Waals surface area contributed by atoms with Crippen LogP contribution in [0.4, 0.5) is 5.82 Å². The third kappa shape index (κ3) is 4.41. The number of benzene rings is 2. The molecule has 3 aromatic rings. The zero-order valence-electron chi connectivity index (χ0n) is 15.4. The summed E-state index contributed by atoms with van der Waals surface area (Å²) in [6.07, 6.45) is 0. The number of hydrogen-bond acceptors (Lipinski definition) is 6. The monoisotopic (exact) mass is 418 g/mol. The minimum atomic E-state index is -0.0864. The first-order valence-electron chi connectivity index (χ1n) is 8.57. The molecule has 7 heteroatoms. The van der Waals surface area contributed by atoms with E-state index in [0.29, 0.717) is 26.7 Å². The molecule has 0 bridgehead atoms. The minimum Gasteiger partial charge on any atom is -0.383 e. The molecule has 142 valence electrons. The zero-order chi connectivity index (χ0) is 21.0. The van der Waals surface area contributed by atoms with Gasteiger partial charge in [0.15, 0.2) is 5.78 Å². The lowest BCUT2D eigenvalue weighted by Gasteiger charge is -2.13. The fourth-order valence-corrected chi connectivity index (χ4v) is 3.78. The molecule has 0 saturated heterocycles. The van der Waals surface area contributed by atoms with Crippen molar-refractivity contribution in [3.05, 3.63) is 75.8 Å². The lowest BCUT2D eigenvalue weighted by Crippen LogP contribution is -2.06. The average molecular weight is 419 g/mol. The van der Waals surface area contributed by atoms with Gasteiger partial charge in [0.1, 0.15) is 28.5 Å². The van der Waals surface area contributed by atoms with Crippen LogP contribution in [0, 0.1) is 29.6 Å². The number of rotatable bonds is 5. The fourth-order valence-electron chi connectivity index (χ4n) is 2.76. The molecule has 1 aromatic heterocycles. The van der Waals surface area contributed by atoms with Crippen molar-refractivity contribution in [2.75, 3.05) is 11.5 Å². The van der Waals surface area contributed by atoms with E-state index >= 15 is 0 Å². The Morgan fingerprint density at radius 2 is 1.69 bits per heavy atom. The highest BCUT2D eigenvalue weighted by molar-refractivity contribution is 8.00. The third-order valence-electron chi connectivity index (χ3n) is 4.26.